The third kappa shape index (κ3) is 2.13. The molecule has 14 heavy (non-hydrogen) atoms. The maximum Gasteiger partial charge on any atom is 0.0551 e. The first-order valence-electron chi connectivity index (χ1n) is 5.29. The van der Waals surface area contributed by atoms with Gasteiger partial charge in [0.05, 0.1) is 5.02 Å². The van der Waals surface area contributed by atoms with Crippen LogP contribution in [-0.2, 0) is 6.54 Å². The molecule has 0 aliphatic heterocycles. The van der Waals surface area contributed by atoms with Crippen LogP contribution in [0.15, 0.2) is 6.07 Å². The van der Waals surface area contributed by atoms with E-state index in [0.29, 0.717) is 12.5 Å². The Labute approximate surface area is 94.3 Å². The van der Waals surface area contributed by atoms with Crippen molar-refractivity contribution in [2.24, 2.45) is 5.73 Å². The van der Waals surface area contributed by atoms with E-state index < -0.39 is 0 Å². The summed E-state index contributed by atoms with van der Waals surface area (Å²) in [4.78, 5) is 2.60. The lowest BCUT2D eigenvalue weighted by atomic mass is 9.88. The molecule has 1 aliphatic carbocycles. The van der Waals surface area contributed by atoms with Crippen LogP contribution in [0.4, 0.5) is 0 Å². The Morgan fingerprint density at radius 3 is 2.64 bits per heavy atom. The smallest absolute Gasteiger partial charge is 0.0551 e. The number of hydrogen-bond acceptors (Lipinski definition) is 2. The zero-order chi connectivity index (χ0) is 9.97. The van der Waals surface area contributed by atoms with Crippen molar-refractivity contribution in [1.82, 2.24) is 0 Å². The average Bonchev–Trinajstić information content (AvgIpc) is 2.61. The molecule has 1 saturated carbocycles. The second-order valence-corrected chi connectivity index (χ2v) is 5.54. The summed E-state index contributed by atoms with van der Waals surface area (Å²) in [6.07, 6.45) is 6.73. The summed E-state index contributed by atoms with van der Waals surface area (Å²) in [6, 6.07) is 2.04. The van der Waals surface area contributed by atoms with Crippen molar-refractivity contribution >= 4 is 22.9 Å². The Hall–Kier alpha value is -0.0500. The first-order chi connectivity index (χ1) is 6.81. The molecule has 0 unspecified atom stereocenters. The van der Waals surface area contributed by atoms with Crippen LogP contribution in [-0.4, -0.2) is 0 Å². The lowest BCUT2D eigenvalue weighted by Crippen LogP contribution is -2.02. The highest BCUT2D eigenvalue weighted by Crippen LogP contribution is 2.40. The lowest BCUT2D eigenvalue weighted by Gasteiger charge is -2.20. The minimum atomic E-state index is 0.622. The maximum atomic E-state index is 6.21. The highest BCUT2D eigenvalue weighted by atomic mass is 35.5. The molecule has 1 fully saturated rings. The highest BCUT2D eigenvalue weighted by Gasteiger charge is 2.20. The molecule has 2 rings (SSSR count). The molecule has 0 radical (unpaired) electrons. The van der Waals surface area contributed by atoms with Crippen molar-refractivity contribution in [3.05, 3.63) is 20.8 Å². The van der Waals surface area contributed by atoms with Gasteiger partial charge in [-0.05, 0) is 24.8 Å². The molecule has 0 atom stereocenters. The third-order valence-corrected chi connectivity index (χ3v) is 4.69. The fourth-order valence-corrected chi connectivity index (χ4v) is 3.74. The SMILES string of the molecule is NCc1cc(Cl)c(C2CCCCC2)s1. The van der Waals surface area contributed by atoms with Gasteiger partial charge in [0, 0.05) is 16.3 Å². The molecule has 3 heteroatoms. The van der Waals surface area contributed by atoms with Gasteiger partial charge in [-0.2, -0.15) is 0 Å². The van der Waals surface area contributed by atoms with Gasteiger partial charge in [0.2, 0.25) is 0 Å². The molecular formula is C11H16ClNS. The van der Waals surface area contributed by atoms with E-state index in [9.17, 15) is 0 Å². The molecule has 0 saturated heterocycles. The molecule has 0 aromatic carbocycles. The molecule has 0 spiro atoms. The van der Waals surface area contributed by atoms with Gasteiger partial charge in [0.15, 0.2) is 0 Å². The topological polar surface area (TPSA) is 26.0 Å². The third-order valence-electron chi connectivity index (χ3n) is 2.94. The van der Waals surface area contributed by atoms with Crippen molar-refractivity contribution in [3.8, 4) is 0 Å². The number of nitrogens with two attached hydrogens (primary N) is 1. The Morgan fingerprint density at radius 1 is 1.36 bits per heavy atom. The van der Waals surface area contributed by atoms with Gasteiger partial charge in [-0.1, -0.05) is 30.9 Å². The van der Waals surface area contributed by atoms with E-state index in [-0.39, 0.29) is 0 Å². The zero-order valence-corrected chi connectivity index (χ0v) is 9.83. The monoisotopic (exact) mass is 229 g/mol. The zero-order valence-electron chi connectivity index (χ0n) is 8.26. The van der Waals surface area contributed by atoms with Crippen LogP contribution in [0.5, 0.6) is 0 Å². The number of rotatable bonds is 2. The summed E-state index contributed by atoms with van der Waals surface area (Å²) in [6.45, 7) is 0.622. The molecule has 1 aromatic rings. The van der Waals surface area contributed by atoms with Crippen LogP contribution in [0.1, 0.15) is 47.8 Å². The average molecular weight is 230 g/mol. The molecule has 1 aliphatic rings. The summed E-state index contributed by atoms with van der Waals surface area (Å²) in [5.41, 5.74) is 5.61. The van der Waals surface area contributed by atoms with E-state index in [1.807, 2.05) is 17.4 Å². The van der Waals surface area contributed by atoms with Crippen LogP contribution in [0.3, 0.4) is 0 Å². The minimum Gasteiger partial charge on any atom is -0.326 e. The Bertz CT molecular complexity index is 302. The maximum absolute atomic E-state index is 6.21. The first-order valence-corrected chi connectivity index (χ1v) is 6.49. The Balaban J connectivity index is 2.17. The summed E-state index contributed by atoms with van der Waals surface area (Å²) in [5, 5.41) is 0.947. The van der Waals surface area contributed by atoms with Crippen LogP contribution < -0.4 is 5.73 Å². The summed E-state index contributed by atoms with van der Waals surface area (Å²) >= 11 is 8.02. The van der Waals surface area contributed by atoms with E-state index >= 15 is 0 Å². The largest absolute Gasteiger partial charge is 0.326 e. The van der Waals surface area contributed by atoms with Crippen LogP contribution in [0.25, 0.3) is 0 Å². The van der Waals surface area contributed by atoms with E-state index in [2.05, 4.69) is 0 Å². The molecular weight excluding hydrogens is 214 g/mol. The fourth-order valence-electron chi connectivity index (χ4n) is 2.18. The van der Waals surface area contributed by atoms with E-state index in [4.69, 9.17) is 17.3 Å². The second-order valence-electron chi connectivity index (χ2n) is 3.96. The van der Waals surface area contributed by atoms with Crippen LogP contribution in [0, 0.1) is 0 Å². The van der Waals surface area contributed by atoms with E-state index in [0.717, 1.165) is 5.02 Å². The molecule has 0 bridgehead atoms. The van der Waals surface area contributed by atoms with Gasteiger partial charge in [0.25, 0.3) is 0 Å². The minimum absolute atomic E-state index is 0.622. The predicted molar refractivity (Wildman–Crippen MR) is 63.0 cm³/mol. The fraction of sp³-hybridized carbons (Fsp3) is 0.636. The van der Waals surface area contributed by atoms with Gasteiger partial charge in [0.1, 0.15) is 0 Å². The Kier molecular flexibility index (Phi) is 3.47. The van der Waals surface area contributed by atoms with Gasteiger partial charge >= 0.3 is 0 Å². The van der Waals surface area contributed by atoms with E-state index in [1.54, 1.807) is 0 Å². The molecule has 2 N–H and O–H groups in total. The lowest BCUT2D eigenvalue weighted by molar-refractivity contribution is 0.448. The van der Waals surface area contributed by atoms with Gasteiger partial charge < -0.3 is 5.73 Å². The molecule has 0 amide bonds. The van der Waals surface area contributed by atoms with Crippen molar-refractivity contribution in [2.75, 3.05) is 0 Å². The number of halogens is 1. The molecule has 1 heterocycles. The van der Waals surface area contributed by atoms with E-state index in [1.165, 1.54) is 41.9 Å². The van der Waals surface area contributed by atoms with Gasteiger partial charge in [-0.3, -0.25) is 0 Å². The van der Waals surface area contributed by atoms with Crippen molar-refractivity contribution < 1.29 is 0 Å². The normalized spacial score (nSPS) is 18.7. The number of thiophene rings is 1. The standard InChI is InChI=1S/C11H16ClNS/c12-10-6-9(7-13)14-11(10)8-4-2-1-3-5-8/h6,8H,1-5,7,13H2. The molecule has 1 nitrogen and oxygen atoms in total. The predicted octanol–water partition coefficient (Wildman–Crippen LogP) is 3.91. The van der Waals surface area contributed by atoms with Crippen LogP contribution in [0.2, 0.25) is 5.02 Å². The summed E-state index contributed by atoms with van der Waals surface area (Å²) in [5.74, 6) is 0.710. The van der Waals surface area contributed by atoms with Crippen molar-refractivity contribution in [2.45, 2.75) is 44.6 Å². The van der Waals surface area contributed by atoms with Gasteiger partial charge in [-0.15, -0.1) is 11.3 Å². The highest BCUT2D eigenvalue weighted by molar-refractivity contribution is 7.12. The molecule has 1 aromatic heterocycles. The summed E-state index contributed by atoms with van der Waals surface area (Å²) in [7, 11) is 0. The Morgan fingerprint density at radius 2 is 2.07 bits per heavy atom. The van der Waals surface area contributed by atoms with Crippen molar-refractivity contribution in [1.29, 1.82) is 0 Å². The van der Waals surface area contributed by atoms with Gasteiger partial charge in [-0.25, -0.2) is 0 Å². The quantitative estimate of drug-likeness (QED) is 0.818. The summed E-state index contributed by atoms with van der Waals surface area (Å²) < 4.78 is 0. The van der Waals surface area contributed by atoms with Crippen LogP contribution >= 0.6 is 22.9 Å². The first kappa shape index (κ1) is 10.5. The second kappa shape index (κ2) is 4.65. The van der Waals surface area contributed by atoms with Crippen molar-refractivity contribution in [3.63, 3.8) is 0 Å². The molecule has 78 valence electrons. The number of hydrogen-bond donors (Lipinski definition) is 1.